The number of amides is 1. The van der Waals surface area contributed by atoms with Crippen molar-refractivity contribution in [1.29, 1.82) is 0 Å². The quantitative estimate of drug-likeness (QED) is 0.587. The third kappa shape index (κ3) is 2.50. The summed E-state index contributed by atoms with van der Waals surface area (Å²) in [4.78, 5) is 38.5. The molecule has 0 radical (unpaired) electrons. The summed E-state index contributed by atoms with van der Waals surface area (Å²) in [5, 5.41) is 2.75. The number of fused-ring (bicyclic) bond motifs is 1. The molecule has 1 saturated heterocycles. The van der Waals surface area contributed by atoms with Crippen molar-refractivity contribution in [3.8, 4) is 10.6 Å². The van der Waals surface area contributed by atoms with Gasteiger partial charge in [0.1, 0.15) is 5.01 Å². The maximum absolute atomic E-state index is 12.7. The Kier molecular flexibility index (Phi) is 3.86. The Morgan fingerprint density at radius 2 is 1.96 bits per heavy atom. The van der Waals surface area contributed by atoms with Crippen LogP contribution in [0.1, 0.15) is 29.6 Å². The number of ketones is 1. The van der Waals surface area contributed by atoms with Gasteiger partial charge in [-0.25, -0.2) is 4.98 Å². The van der Waals surface area contributed by atoms with Crippen molar-refractivity contribution in [2.45, 2.75) is 19.3 Å². The summed E-state index contributed by atoms with van der Waals surface area (Å²) in [6.07, 6.45) is 8.00. The highest BCUT2D eigenvalue weighted by atomic mass is 32.1. The second-order valence-electron chi connectivity index (χ2n) is 5.80. The summed E-state index contributed by atoms with van der Waals surface area (Å²) in [6.45, 7) is 1.31. The molecule has 0 unspecified atom stereocenters. The standard InChI is InChI=1S/C17H16N4O2S/c22-15(17(23)21-7-2-1-3-8-21)12-10-20-13-11(4-5-18-14(12)13)16-19-6-9-24-16/h4-6,9-10,20H,1-3,7-8H2. The third-order valence-electron chi connectivity index (χ3n) is 4.31. The number of carbonyl (C=O) groups excluding carboxylic acids is 2. The minimum atomic E-state index is -0.494. The Morgan fingerprint density at radius 3 is 2.71 bits per heavy atom. The van der Waals surface area contributed by atoms with Gasteiger partial charge >= 0.3 is 0 Å². The van der Waals surface area contributed by atoms with E-state index in [1.807, 2.05) is 11.4 Å². The van der Waals surface area contributed by atoms with Gasteiger partial charge in [0.2, 0.25) is 0 Å². The first-order chi connectivity index (χ1) is 11.8. The van der Waals surface area contributed by atoms with Gasteiger partial charge < -0.3 is 9.88 Å². The van der Waals surface area contributed by atoms with Gasteiger partial charge in [-0.3, -0.25) is 14.6 Å². The fourth-order valence-corrected chi connectivity index (χ4v) is 3.76. The van der Waals surface area contributed by atoms with E-state index in [4.69, 9.17) is 0 Å². The van der Waals surface area contributed by atoms with E-state index in [1.165, 1.54) is 11.3 Å². The fraction of sp³-hybridized carbons (Fsp3) is 0.294. The van der Waals surface area contributed by atoms with Gasteiger partial charge in [0.05, 0.1) is 16.6 Å². The van der Waals surface area contributed by atoms with E-state index in [0.29, 0.717) is 24.2 Å². The van der Waals surface area contributed by atoms with Crippen molar-refractivity contribution >= 4 is 34.1 Å². The first kappa shape index (κ1) is 15.0. The Balaban J connectivity index is 1.71. The van der Waals surface area contributed by atoms with Crippen LogP contribution in [0.25, 0.3) is 21.6 Å². The van der Waals surface area contributed by atoms with Crippen LogP contribution in [0.5, 0.6) is 0 Å². The molecule has 1 aliphatic rings. The molecule has 3 aromatic rings. The number of carbonyl (C=O) groups is 2. The number of Topliss-reactive ketones (excluding diaryl/α,β-unsaturated/α-hetero) is 1. The predicted octanol–water partition coefficient (Wildman–Crippen LogP) is 2.88. The molecule has 122 valence electrons. The minimum absolute atomic E-state index is 0.332. The number of likely N-dealkylation sites (tertiary alicyclic amines) is 1. The molecule has 0 aliphatic carbocycles. The fourth-order valence-electron chi connectivity index (χ4n) is 3.09. The Hall–Kier alpha value is -2.54. The number of piperidine rings is 1. The number of hydrogen-bond acceptors (Lipinski definition) is 5. The molecule has 1 N–H and O–H groups in total. The largest absolute Gasteiger partial charge is 0.359 e. The molecule has 6 nitrogen and oxygen atoms in total. The molecule has 24 heavy (non-hydrogen) atoms. The molecule has 0 saturated carbocycles. The summed E-state index contributed by atoms with van der Waals surface area (Å²) in [5.41, 5.74) is 2.48. The first-order valence-electron chi connectivity index (χ1n) is 7.95. The number of H-pyrrole nitrogens is 1. The van der Waals surface area contributed by atoms with Crippen LogP contribution in [0, 0.1) is 0 Å². The number of nitrogens with zero attached hydrogens (tertiary/aromatic N) is 3. The van der Waals surface area contributed by atoms with Crippen molar-refractivity contribution in [2.24, 2.45) is 0 Å². The number of hydrogen-bond donors (Lipinski definition) is 1. The van der Waals surface area contributed by atoms with Crippen molar-refractivity contribution < 1.29 is 9.59 Å². The van der Waals surface area contributed by atoms with Gasteiger partial charge in [0.15, 0.2) is 0 Å². The summed E-state index contributed by atoms with van der Waals surface area (Å²) in [6, 6.07) is 1.86. The van der Waals surface area contributed by atoms with Gasteiger partial charge in [-0.2, -0.15) is 0 Å². The van der Waals surface area contributed by atoms with E-state index < -0.39 is 11.7 Å². The highest BCUT2D eigenvalue weighted by Gasteiger charge is 2.27. The summed E-state index contributed by atoms with van der Waals surface area (Å²) in [7, 11) is 0. The molecule has 1 aliphatic heterocycles. The summed E-state index contributed by atoms with van der Waals surface area (Å²) >= 11 is 1.52. The lowest BCUT2D eigenvalue weighted by Crippen LogP contribution is -2.40. The number of aromatic nitrogens is 3. The predicted molar refractivity (Wildman–Crippen MR) is 92.0 cm³/mol. The molecule has 1 fully saturated rings. The van der Waals surface area contributed by atoms with Gasteiger partial charge in [-0.05, 0) is 25.3 Å². The zero-order chi connectivity index (χ0) is 16.5. The molecule has 7 heteroatoms. The Labute approximate surface area is 142 Å². The minimum Gasteiger partial charge on any atom is -0.359 e. The van der Waals surface area contributed by atoms with E-state index in [0.717, 1.165) is 35.4 Å². The van der Waals surface area contributed by atoms with Crippen LogP contribution in [0.15, 0.2) is 30.0 Å². The van der Waals surface area contributed by atoms with Crippen LogP contribution in [0.4, 0.5) is 0 Å². The number of thiazole rings is 1. The third-order valence-corrected chi connectivity index (χ3v) is 5.12. The highest BCUT2D eigenvalue weighted by Crippen LogP contribution is 2.30. The molecule has 0 atom stereocenters. The van der Waals surface area contributed by atoms with Crippen LogP contribution < -0.4 is 0 Å². The normalized spacial score (nSPS) is 14.9. The molecule has 0 bridgehead atoms. The van der Waals surface area contributed by atoms with Gasteiger partial charge in [0.25, 0.3) is 11.7 Å². The second kappa shape index (κ2) is 6.16. The van der Waals surface area contributed by atoms with Gasteiger partial charge in [0, 0.05) is 42.6 Å². The summed E-state index contributed by atoms with van der Waals surface area (Å²) < 4.78 is 0. The average Bonchev–Trinajstić information content (AvgIpc) is 3.30. The smallest absolute Gasteiger partial charge is 0.295 e. The van der Waals surface area contributed by atoms with Crippen molar-refractivity contribution in [3.05, 3.63) is 35.6 Å². The van der Waals surface area contributed by atoms with Crippen LogP contribution in [0.3, 0.4) is 0 Å². The van der Waals surface area contributed by atoms with Crippen LogP contribution >= 0.6 is 11.3 Å². The van der Waals surface area contributed by atoms with E-state index in [9.17, 15) is 9.59 Å². The molecular weight excluding hydrogens is 324 g/mol. The van der Waals surface area contributed by atoms with Crippen LogP contribution in [-0.4, -0.2) is 44.6 Å². The molecule has 0 spiro atoms. The van der Waals surface area contributed by atoms with Crippen LogP contribution in [-0.2, 0) is 4.79 Å². The molecule has 3 aromatic heterocycles. The van der Waals surface area contributed by atoms with Crippen molar-refractivity contribution in [1.82, 2.24) is 19.9 Å². The zero-order valence-corrected chi connectivity index (χ0v) is 13.8. The Bertz CT molecular complexity index is 895. The molecule has 1 amide bonds. The average molecular weight is 340 g/mol. The highest BCUT2D eigenvalue weighted by molar-refractivity contribution is 7.13. The molecule has 0 aromatic carbocycles. The van der Waals surface area contributed by atoms with Crippen molar-refractivity contribution in [2.75, 3.05) is 13.1 Å². The SMILES string of the molecule is O=C(C(=O)N1CCCCC1)c1c[nH]c2c(-c3nccs3)ccnc12. The molecule has 4 rings (SSSR count). The number of rotatable bonds is 3. The lowest BCUT2D eigenvalue weighted by atomic mass is 10.1. The van der Waals surface area contributed by atoms with E-state index in [2.05, 4.69) is 15.0 Å². The lowest BCUT2D eigenvalue weighted by Gasteiger charge is -2.25. The monoisotopic (exact) mass is 340 g/mol. The topological polar surface area (TPSA) is 79.0 Å². The van der Waals surface area contributed by atoms with E-state index >= 15 is 0 Å². The number of aromatic amines is 1. The van der Waals surface area contributed by atoms with Crippen LogP contribution in [0.2, 0.25) is 0 Å². The van der Waals surface area contributed by atoms with Crippen molar-refractivity contribution in [3.63, 3.8) is 0 Å². The molecular formula is C17H16N4O2S. The number of pyridine rings is 1. The number of nitrogens with one attached hydrogen (secondary N) is 1. The second-order valence-corrected chi connectivity index (χ2v) is 6.70. The Morgan fingerprint density at radius 1 is 1.12 bits per heavy atom. The zero-order valence-electron chi connectivity index (χ0n) is 13.0. The van der Waals surface area contributed by atoms with Gasteiger partial charge in [-0.15, -0.1) is 11.3 Å². The summed E-state index contributed by atoms with van der Waals surface area (Å²) in [5.74, 6) is -0.927. The maximum Gasteiger partial charge on any atom is 0.295 e. The maximum atomic E-state index is 12.7. The van der Waals surface area contributed by atoms with E-state index in [1.54, 1.807) is 23.5 Å². The first-order valence-corrected chi connectivity index (χ1v) is 8.83. The van der Waals surface area contributed by atoms with E-state index in [-0.39, 0.29) is 0 Å². The van der Waals surface area contributed by atoms with Gasteiger partial charge in [-0.1, -0.05) is 0 Å². The lowest BCUT2D eigenvalue weighted by molar-refractivity contribution is -0.127. The molecule has 4 heterocycles.